The van der Waals surface area contributed by atoms with E-state index in [2.05, 4.69) is 31.9 Å². The molecule has 98 valence electrons. The van der Waals surface area contributed by atoms with Gasteiger partial charge in [0.15, 0.2) is 17.1 Å². The Morgan fingerprint density at radius 3 is 2.37 bits per heavy atom. The minimum absolute atomic E-state index is 0.0501. The minimum Gasteiger partial charge on any atom is -0.444 e. The predicted molar refractivity (Wildman–Crippen MR) is 78.3 cm³/mol. The van der Waals surface area contributed by atoms with Crippen molar-refractivity contribution in [2.75, 3.05) is 0 Å². The third kappa shape index (κ3) is 3.20. The number of carbonyl (C=O) groups is 1. The van der Waals surface area contributed by atoms with E-state index in [4.69, 9.17) is 4.74 Å². The Bertz CT molecular complexity index is 633. The molecular weight excluding hydrogens is 402 g/mol. The zero-order valence-corrected chi connectivity index (χ0v) is 13.1. The van der Waals surface area contributed by atoms with Gasteiger partial charge in [0.05, 0.1) is 18.7 Å². The van der Waals surface area contributed by atoms with E-state index in [-0.39, 0.29) is 5.69 Å². The maximum atomic E-state index is 10.7. The average molecular weight is 407 g/mol. The third-order valence-electron chi connectivity index (χ3n) is 2.11. The minimum atomic E-state index is -0.491. The third-order valence-corrected chi connectivity index (χ3v) is 4.18. The van der Waals surface area contributed by atoms with Crippen LogP contribution in [-0.2, 0) is 0 Å². The SMILES string of the molecule is O=Cc1ccc(Oc2c(Br)cc([N+](=O)[O-])cc2Br)s1. The van der Waals surface area contributed by atoms with Crippen molar-refractivity contribution in [1.29, 1.82) is 0 Å². The first kappa shape index (κ1) is 14.2. The van der Waals surface area contributed by atoms with Crippen molar-refractivity contribution in [3.05, 3.63) is 48.2 Å². The van der Waals surface area contributed by atoms with Crippen LogP contribution in [-0.4, -0.2) is 11.2 Å². The fraction of sp³-hybridized carbons (Fsp3) is 0. The van der Waals surface area contributed by atoms with Gasteiger partial charge in [-0.3, -0.25) is 14.9 Å². The molecule has 0 saturated heterocycles. The summed E-state index contributed by atoms with van der Waals surface area (Å²) < 4.78 is 6.51. The Hall–Kier alpha value is -1.25. The molecular formula is C11H5Br2NO4S. The van der Waals surface area contributed by atoms with Gasteiger partial charge in [-0.25, -0.2) is 0 Å². The van der Waals surface area contributed by atoms with E-state index in [1.807, 2.05) is 0 Å². The van der Waals surface area contributed by atoms with Gasteiger partial charge in [-0.2, -0.15) is 0 Å². The highest BCUT2D eigenvalue weighted by atomic mass is 79.9. The standard InChI is InChI=1S/C11H5Br2NO4S/c12-8-3-6(14(16)17)4-9(13)11(8)18-10-2-1-7(5-15)19-10/h1-5H. The van der Waals surface area contributed by atoms with Crippen LogP contribution in [0.15, 0.2) is 33.2 Å². The van der Waals surface area contributed by atoms with Crippen molar-refractivity contribution in [2.24, 2.45) is 0 Å². The monoisotopic (exact) mass is 405 g/mol. The topological polar surface area (TPSA) is 69.4 Å². The molecule has 0 saturated carbocycles. The van der Waals surface area contributed by atoms with Crippen LogP contribution in [0.2, 0.25) is 0 Å². The molecule has 5 nitrogen and oxygen atoms in total. The normalized spacial score (nSPS) is 10.2. The van der Waals surface area contributed by atoms with E-state index in [1.165, 1.54) is 23.5 Å². The average Bonchev–Trinajstić information content (AvgIpc) is 2.81. The molecule has 8 heteroatoms. The highest BCUT2D eigenvalue weighted by Gasteiger charge is 2.16. The van der Waals surface area contributed by atoms with Gasteiger partial charge >= 0.3 is 0 Å². The molecule has 0 radical (unpaired) electrons. The van der Waals surface area contributed by atoms with Crippen LogP contribution in [0, 0.1) is 10.1 Å². The highest BCUT2D eigenvalue weighted by molar-refractivity contribution is 9.11. The molecule has 0 atom stereocenters. The van der Waals surface area contributed by atoms with E-state index in [9.17, 15) is 14.9 Å². The van der Waals surface area contributed by atoms with E-state index >= 15 is 0 Å². The lowest BCUT2D eigenvalue weighted by Gasteiger charge is -2.07. The first-order chi connectivity index (χ1) is 9.01. The molecule has 0 aliphatic carbocycles. The molecule has 0 unspecified atom stereocenters. The number of rotatable bonds is 4. The lowest BCUT2D eigenvalue weighted by molar-refractivity contribution is -0.385. The van der Waals surface area contributed by atoms with Gasteiger partial charge in [-0.1, -0.05) is 11.3 Å². The van der Waals surface area contributed by atoms with E-state index in [0.29, 0.717) is 24.6 Å². The molecule has 0 N–H and O–H groups in total. The van der Waals surface area contributed by atoms with Crippen molar-refractivity contribution in [3.8, 4) is 10.8 Å². The number of non-ortho nitro benzene ring substituents is 1. The maximum absolute atomic E-state index is 10.7. The lowest BCUT2D eigenvalue weighted by atomic mass is 10.3. The Balaban J connectivity index is 2.35. The number of benzene rings is 1. The van der Waals surface area contributed by atoms with Crippen LogP contribution in [0.3, 0.4) is 0 Å². The van der Waals surface area contributed by atoms with Gasteiger partial charge in [0.25, 0.3) is 5.69 Å². The first-order valence-electron chi connectivity index (χ1n) is 4.87. The van der Waals surface area contributed by atoms with Crippen LogP contribution in [0.25, 0.3) is 0 Å². The fourth-order valence-electron chi connectivity index (χ4n) is 1.30. The lowest BCUT2D eigenvalue weighted by Crippen LogP contribution is -1.91. The van der Waals surface area contributed by atoms with Gasteiger partial charge in [0.2, 0.25) is 0 Å². The number of thiophene rings is 1. The number of halogens is 2. The Kier molecular flexibility index (Phi) is 4.33. The summed E-state index contributed by atoms with van der Waals surface area (Å²) in [5, 5.41) is 11.2. The number of nitro groups is 1. The van der Waals surface area contributed by atoms with Gasteiger partial charge < -0.3 is 4.74 Å². The molecule has 1 aromatic heterocycles. The van der Waals surface area contributed by atoms with E-state index < -0.39 is 4.92 Å². The van der Waals surface area contributed by atoms with Crippen LogP contribution in [0.5, 0.6) is 10.8 Å². The molecule has 19 heavy (non-hydrogen) atoms. The van der Waals surface area contributed by atoms with E-state index in [0.717, 1.165) is 6.29 Å². The number of hydrogen-bond donors (Lipinski definition) is 0. The largest absolute Gasteiger partial charge is 0.444 e. The van der Waals surface area contributed by atoms with Crippen molar-refractivity contribution in [3.63, 3.8) is 0 Å². The van der Waals surface area contributed by atoms with Gasteiger partial charge in [0.1, 0.15) is 0 Å². The summed E-state index contributed by atoms with van der Waals surface area (Å²) in [5.74, 6) is 0.421. The zero-order valence-electron chi connectivity index (χ0n) is 9.13. The second-order valence-corrected chi connectivity index (χ2v) is 6.16. The van der Waals surface area contributed by atoms with Crippen molar-refractivity contribution in [1.82, 2.24) is 0 Å². The van der Waals surface area contributed by atoms with Crippen LogP contribution >= 0.6 is 43.2 Å². The summed E-state index contributed by atoms with van der Waals surface area (Å²) >= 11 is 7.64. The number of nitrogens with zero attached hydrogens (tertiary/aromatic N) is 1. The molecule has 0 bridgehead atoms. The molecule has 0 fully saturated rings. The summed E-state index contributed by atoms with van der Waals surface area (Å²) in [6, 6.07) is 6.01. The number of carbonyl (C=O) groups excluding carboxylic acids is 1. The van der Waals surface area contributed by atoms with Crippen molar-refractivity contribution in [2.45, 2.75) is 0 Å². The van der Waals surface area contributed by atoms with Crippen molar-refractivity contribution < 1.29 is 14.5 Å². The summed E-state index contributed by atoms with van der Waals surface area (Å²) in [6.45, 7) is 0. The first-order valence-corrected chi connectivity index (χ1v) is 7.28. The fourth-order valence-corrected chi connectivity index (χ4v) is 3.30. The van der Waals surface area contributed by atoms with Gasteiger partial charge in [-0.05, 0) is 44.0 Å². The van der Waals surface area contributed by atoms with Gasteiger partial charge in [0, 0.05) is 12.1 Å². The second kappa shape index (κ2) is 5.81. The number of nitro benzene ring substituents is 1. The maximum Gasteiger partial charge on any atom is 0.271 e. The number of aldehydes is 1. The van der Waals surface area contributed by atoms with Crippen LogP contribution < -0.4 is 4.74 Å². The number of hydrogen-bond acceptors (Lipinski definition) is 5. The Labute approximate surface area is 128 Å². The summed E-state index contributed by atoms with van der Waals surface area (Å²) in [5.41, 5.74) is -0.0501. The summed E-state index contributed by atoms with van der Waals surface area (Å²) in [4.78, 5) is 21.3. The summed E-state index contributed by atoms with van der Waals surface area (Å²) in [6.07, 6.45) is 0.734. The molecule has 0 aliphatic heterocycles. The quantitative estimate of drug-likeness (QED) is 0.416. The zero-order chi connectivity index (χ0) is 14.0. The molecule has 2 aromatic rings. The summed E-state index contributed by atoms with van der Waals surface area (Å²) in [7, 11) is 0. The molecule has 1 heterocycles. The van der Waals surface area contributed by atoms with Crippen LogP contribution in [0.1, 0.15) is 9.67 Å². The molecule has 2 rings (SSSR count). The second-order valence-electron chi connectivity index (χ2n) is 3.37. The molecule has 0 spiro atoms. The Morgan fingerprint density at radius 1 is 1.26 bits per heavy atom. The molecule has 0 amide bonds. The van der Waals surface area contributed by atoms with E-state index in [1.54, 1.807) is 12.1 Å². The predicted octanol–water partition coefficient (Wildman–Crippen LogP) is 4.79. The smallest absolute Gasteiger partial charge is 0.271 e. The highest BCUT2D eigenvalue weighted by Crippen LogP contribution is 2.41. The van der Waals surface area contributed by atoms with Gasteiger partial charge in [-0.15, -0.1) is 0 Å². The number of ether oxygens (including phenoxy) is 1. The molecule has 1 aromatic carbocycles. The van der Waals surface area contributed by atoms with Crippen LogP contribution in [0.4, 0.5) is 5.69 Å². The van der Waals surface area contributed by atoms with Crippen molar-refractivity contribution >= 4 is 55.2 Å². The molecule has 0 aliphatic rings. The Morgan fingerprint density at radius 2 is 1.89 bits per heavy atom.